The van der Waals surface area contributed by atoms with Crippen molar-refractivity contribution in [1.29, 1.82) is 0 Å². The summed E-state index contributed by atoms with van der Waals surface area (Å²) >= 11 is 0.714. The molecule has 0 fully saturated rings. The van der Waals surface area contributed by atoms with Gasteiger partial charge in [-0.25, -0.2) is 14.2 Å². The number of rotatable bonds is 7. The highest BCUT2D eigenvalue weighted by Crippen LogP contribution is 2.43. The second-order valence-electron chi connectivity index (χ2n) is 7.66. The highest BCUT2D eigenvalue weighted by Gasteiger charge is 2.36. The Morgan fingerprint density at radius 1 is 1.08 bits per heavy atom. The number of ether oxygens (including phenoxy) is 2. The molecular formula is C25H19F4N3O4S. The van der Waals surface area contributed by atoms with Gasteiger partial charge in [-0.1, -0.05) is 0 Å². The van der Waals surface area contributed by atoms with Crippen LogP contribution < -0.4 is 15.8 Å². The maximum Gasteiger partial charge on any atom is 0.417 e. The van der Waals surface area contributed by atoms with E-state index in [-0.39, 0.29) is 45.4 Å². The van der Waals surface area contributed by atoms with E-state index in [4.69, 9.17) is 15.2 Å². The molecular weight excluding hydrogens is 514 g/mol. The summed E-state index contributed by atoms with van der Waals surface area (Å²) in [5.41, 5.74) is 5.21. The van der Waals surface area contributed by atoms with E-state index in [1.165, 1.54) is 36.4 Å². The van der Waals surface area contributed by atoms with E-state index in [9.17, 15) is 27.2 Å². The number of amides is 1. The van der Waals surface area contributed by atoms with E-state index < -0.39 is 29.4 Å². The van der Waals surface area contributed by atoms with Crippen molar-refractivity contribution in [3.8, 4) is 17.0 Å². The molecule has 7 nitrogen and oxygen atoms in total. The minimum atomic E-state index is -4.78. The number of thiophene rings is 1. The Bertz CT molecular complexity index is 1450. The van der Waals surface area contributed by atoms with Crippen LogP contribution in [0.3, 0.4) is 0 Å². The first-order chi connectivity index (χ1) is 17.6. The number of halogens is 4. The van der Waals surface area contributed by atoms with Crippen LogP contribution in [0.4, 0.5) is 28.9 Å². The standard InChI is InChI=1S/C25H19F4N3O4S/c1-2-35-19(33)12-36-16-9-3-13(4-10-16)18-11-17(25(27,28)29)20-21(30)22(37-24(20)32-18)23(34)31-15-7-5-14(26)6-8-15/h3-11H,2,12,30H2,1H3,(H,31,34). The lowest BCUT2D eigenvalue weighted by molar-refractivity contribution is -0.145. The summed E-state index contributed by atoms with van der Waals surface area (Å²) in [5.74, 6) is -1.49. The number of alkyl halides is 3. The predicted octanol–water partition coefficient (Wildman–Crippen LogP) is 5.90. The van der Waals surface area contributed by atoms with Gasteiger partial charge in [-0.3, -0.25) is 4.79 Å². The number of esters is 1. The molecule has 1 amide bonds. The summed E-state index contributed by atoms with van der Waals surface area (Å²) in [7, 11) is 0. The molecule has 0 aliphatic heterocycles. The Labute approximate surface area is 211 Å². The van der Waals surface area contributed by atoms with Gasteiger partial charge >= 0.3 is 12.1 Å². The minimum absolute atomic E-state index is 0.00325. The summed E-state index contributed by atoms with van der Waals surface area (Å²) in [6.45, 7) is 1.56. The fourth-order valence-electron chi connectivity index (χ4n) is 3.45. The predicted molar refractivity (Wildman–Crippen MR) is 131 cm³/mol. The van der Waals surface area contributed by atoms with Crippen molar-refractivity contribution in [3.05, 3.63) is 70.9 Å². The third-order valence-electron chi connectivity index (χ3n) is 5.12. The Balaban J connectivity index is 1.68. The Morgan fingerprint density at radius 3 is 2.38 bits per heavy atom. The van der Waals surface area contributed by atoms with Gasteiger partial charge in [0.2, 0.25) is 0 Å². The number of nitrogens with zero attached hydrogens (tertiary/aromatic N) is 1. The van der Waals surface area contributed by atoms with Crippen molar-refractivity contribution in [1.82, 2.24) is 4.98 Å². The van der Waals surface area contributed by atoms with Gasteiger partial charge in [0.1, 0.15) is 21.3 Å². The van der Waals surface area contributed by atoms with Crippen LogP contribution >= 0.6 is 11.3 Å². The number of aromatic nitrogens is 1. The molecule has 0 spiro atoms. The van der Waals surface area contributed by atoms with Gasteiger partial charge in [-0.15, -0.1) is 11.3 Å². The lowest BCUT2D eigenvalue weighted by Gasteiger charge is -2.12. The molecule has 12 heteroatoms. The van der Waals surface area contributed by atoms with Crippen molar-refractivity contribution < 1.29 is 36.6 Å². The summed E-state index contributed by atoms with van der Waals surface area (Å²) in [6.07, 6.45) is -4.78. The van der Waals surface area contributed by atoms with Crippen LogP contribution in [-0.2, 0) is 15.7 Å². The Kier molecular flexibility index (Phi) is 7.30. The van der Waals surface area contributed by atoms with Gasteiger partial charge in [0, 0.05) is 16.6 Å². The number of carbonyl (C=O) groups is 2. The fourth-order valence-corrected chi connectivity index (χ4v) is 4.46. The first-order valence-corrected chi connectivity index (χ1v) is 11.6. The molecule has 0 radical (unpaired) electrons. The molecule has 0 aliphatic rings. The average molecular weight is 534 g/mol. The molecule has 37 heavy (non-hydrogen) atoms. The zero-order chi connectivity index (χ0) is 26.7. The monoisotopic (exact) mass is 533 g/mol. The highest BCUT2D eigenvalue weighted by molar-refractivity contribution is 7.21. The van der Waals surface area contributed by atoms with Gasteiger partial charge in [-0.05, 0) is 61.5 Å². The maximum absolute atomic E-state index is 14.0. The van der Waals surface area contributed by atoms with Crippen LogP contribution in [0.1, 0.15) is 22.2 Å². The first-order valence-electron chi connectivity index (χ1n) is 10.8. The number of anilines is 2. The molecule has 0 saturated heterocycles. The summed E-state index contributed by atoms with van der Waals surface area (Å²) in [5, 5.41) is 2.12. The van der Waals surface area contributed by atoms with Crippen LogP contribution in [0, 0.1) is 5.82 Å². The van der Waals surface area contributed by atoms with Gasteiger partial charge in [0.15, 0.2) is 6.61 Å². The number of hydrogen-bond donors (Lipinski definition) is 2. The molecule has 2 aromatic heterocycles. The molecule has 2 heterocycles. The van der Waals surface area contributed by atoms with E-state index in [0.29, 0.717) is 22.6 Å². The smallest absolute Gasteiger partial charge is 0.417 e. The van der Waals surface area contributed by atoms with Crippen molar-refractivity contribution in [2.75, 3.05) is 24.3 Å². The number of nitrogens with two attached hydrogens (primary N) is 1. The van der Waals surface area contributed by atoms with Gasteiger partial charge in [-0.2, -0.15) is 13.2 Å². The summed E-state index contributed by atoms with van der Waals surface area (Å²) < 4.78 is 65.3. The average Bonchev–Trinajstić information content (AvgIpc) is 3.20. The molecule has 0 atom stereocenters. The molecule has 0 saturated carbocycles. The largest absolute Gasteiger partial charge is 0.482 e. The highest BCUT2D eigenvalue weighted by atomic mass is 32.1. The lowest BCUT2D eigenvalue weighted by atomic mass is 10.1. The molecule has 0 unspecified atom stereocenters. The van der Waals surface area contributed by atoms with Crippen LogP contribution in [-0.4, -0.2) is 30.1 Å². The van der Waals surface area contributed by atoms with E-state index in [2.05, 4.69) is 10.3 Å². The van der Waals surface area contributed by atoms with Crippen LogP contribution in [0.2, 0.25) is 0 Å². The third kappa shape index (κ3) is 5.80. The Morgan fingerprint density at radius 2 is 1.76 bits per heavy atom. The van der Waals surface area contributed by atoms with E-state index in [1.54, 1.807) is 6.92 Å². The van der Waals surface area contributed by atoms with E-state index in [1.807, 2.05) is 0 Å². The lowest BCUT2D eigenvalue weighted by Crippen LogP contribution is -2.14. The van der Waals surface area contributed by atoms with Crippen LogP contribution in [0.25, 0.3) is 21.5 Å². The van der Waals surface area contributed by atoms with Crippen molar-refractivity contribution in [2.24, 2.45) is 0 Å². The van der Waals surface area contributed by atoms with Crippen LogP contribution in [0.15, 0.2) is 54.6 Å². The molecule has 4 aromatic rings. The van der Waals surface area contributed by atoms with Crippen LogP contribution in [0.5, 0.6) is 5.75 Å². The molecule has 4 rings (SSSR count). The number of fused-ring (bicyclic) bond motifs is 1. The van der Waals surface area contributed by atoms with Crippen molar-refractivity contribution >= 4 is 44.8 Å². The third-order valence-corrected chi connectivity index (χ3v) is 6.22. The fraction of sp³-hybridized carbons (Fsp3) is 0.160. The Hall–Kier alpha value is -4.19. The van der Waals surface area contributed by atoms with Crippen molar-refractivity contribution in [3.63, 3.8) is 0 Å². The number of carbonyl (C=O) groups excluding carboxylic acids is 2. The van der Waals surface area contributed by atoms with Gasteiger partial charge < -0.3 is 20.5 Å². The summed E-state index contributed by atoms with van der Waals surface area (Å²) in [6, 6.07) is 11.7. The molecule has 192 valence electrons. The normalized spacial score (nSPS) is 11.4. The second-order valence-corrected chi connectivity index (χ2v) is 8.66. The molecule has 0 aliphatic carbocycles. The SMILES string of the molecule is CCOC(=O)COc1ccc(-c2cc(C(F)(F)F)c3c(N)c(C(=O)Nc4ccc(F)cc4)sc3n2)cc1. The van der Waals surface area contributed by atoms with E-state index >= 15 is 0 Å². The molecule has 0 bridgehead atoms. The van der Waals surface area contributed by atoms with Gasteiger partial charge in [0.25, 0.3) is 5.91 Å². The van der Waals surface area contributed by atoms with Gasteiger partial charge in [0.05, 0.1) is 23.6 Å². The van der Waals surface area contributed by atoms with Crippen molar-refractivity contribution in [2.45, 2.75) is 13.1 Å². The zero-order valence-corrected chi connectivity index (χ0v) is 20.0. The summed E-state index contributed by atoms with van der Waals surface area (Å²) in [4.78, 5) is 28.3. The molecule has 3 N–H and O–H groups in total. The zero-order valence-electron chi connectivity index (χ0n) is 19.2. The number of hydrogen-bond acceptors (Lipinski definition) is 7. The van der Waals surface area contributed by atoms with E-state index in [0.717, 1.165) is 18.2 Å². The quantitative estimate of drug-likeness (QED) is 0.227. The maximum atomic E-state index is 14.0. The number of nitrogens with one attached hydrogen (secondary N) is 1. The first kappa shape index (κ1) is 25.9. The number of benzene rings is 2. The number of nitrogen functional groups attached to an aromatic ring is 1. The second kappa shape index (κ2) is 10.4. The molecule has 2 aromatic carbocycles. The minimum Gasteiger partial charge on any atom is -0.482 e. The topological polar surface area (TPSA) is 104 Å². The number of pyridine rings is 1.